The molecule has 0 amide bonds. The first kappa shape index (κ1) is 10.6. The van der Waals surface area contributed by atoms with Gasteiger partial charge in [-0.25, -0.2) is 0 Å². The fourth-order valence-corrected chi connectivity index (χ4v) is 2.04. The van der Waals surface area contributed by atoms with Gasteiger partial charge < -0.3 is 11.1 Å². The molecular weight excluding hydrogens is 188 g/mol. The van der Waals surface area contributed by atoms with Gasteiger partial charge in [-0.3, -0.25) is 5.10 Å². The van der Waals surface area contributed by atoms with Crippen LogP contribution in [0.1, 0.15) is 30.5 Å². The standard InChI is InChI=1S/C11H20N4/c1-8-9(7-14-15-8)3-2-4-13-11-5-10(12)6-11/h7,10-11,13H,2-6,12H2,1H3,(H,14,15). The van der Waals surface area contributed by atoms with Gasteiger partial charge in [0.05, 0.1) is 6.20 Å². The number of nitrogens with two attached hydrogens (primary N) is 1. The van der Waals surface area contributed by atoms with Gasteiger partial charge in [-0.1, -0.05) is 0 Å². The molecule has 15 heavy (non-hydrogen) atoms. The summed E-state index contributed by atoms with van der Waals surface area (Å²) in [5.41, 5.74) is 8.25. The normalized spacial score (nSPS) is 25.2. The van der Waals surface area contributed by atoms with E-state index < -0.39 is 0 Å². The van der Waals surface area contributed by atoms with Gasteiger partial charge in [0.2, 0.25) is 0 Å². The number of aryl methyl sites for hydroxylation is 2. The number of nitrogens with zero attached hydrogens (tertiary/aromatic N) is 1. The molecular formula is C11H20N4. The molecule has 1 aromatic rings. The van der Waals surface area contributed by atoms with Gasteiger partial charge >= 0.3 is 0 Å². The van der Waals surface area contributed by atoms with E-state index in [0.717, 1.165) is 25.8 Å². The second-order valence-electron chi connectivity index (χ2n) is 4.51. The van der Waals surface area contributed by atoms with Crippen molar-refractivity contribution in [2.75, 3.05) is 6.54 Å². The molecule has 0 atom stereocenters. The molecule has 4 heteroatoms. The molecule has 1 saturated carbocycles. The second kappa shape index (κ2) is 4.77. The van der Waals surface area contributed by atoms with Gasteiger partial charge in [0, 0.05) is 17.8 Å². The van der Waals surface area contributed by atoms with Gasteiger partial charge in [0.1, 0.15) is 0 Å². The molecule has 4 nitrogen and oxygen atoms in total. The largest absolute Gasteiger partial charge is 0.328 e. The first-order valence-electron chi connectivity index (χ1n) is 5.73. The number of aromatic amines is 1. The maximum Gasteiger partial charge on any atom is 0.0522 e. The summed E-state index contributed by atoms with van der Waals surface area (Å²) in [4.78, 5) is 0. The lowest BCUT2D eigenvalue weighted by Gasteiger charge is -2.33. The first-order valence-corrected chi connectivity index (χ1v) is 5.73. The zero-order valence-corrected chi connectivity index (χ0v) is 9.29. The average molecular weight is 208 g/mol. The maximum absolute atomic E-state index is 5.72. The Balaban J connectivity index is 1.58. The highest BCUT2D eigenvalue weighted by atomic mass is 15.1. The summed E-state index contributed by atoms with van der Waals surface area (Å²) in [6, 6.07) is 1.11. The van der Waals surface area contributed by atoms with Crippen LogP contribution in [0.25, 0.3) is 0 Å². The molecule has 1 aliphatic carbocycles. The predicted molar refractivity (Wildman–Crippen MR) is 60.6 cm³/mol. The molecule has 0 radical (unpaired) electrons. The lowest BCUT2D eigenvalue weighted by molar-refractivity contribution is 0.292. The van der Waals surface area contributed by atoms with Crippen molar-refractivity contribution in [3.8, 4) is 0 Å². The van der Waals surface area contributed by atoms with E-state index in [1.54, 1.807) is 0 Å². The lowest BCUT2D eigenvalue weighted by Crippen LogP contribution is -2.48. The van der Waals surface area contributed by atoms with Crippen LogP contribution in [0.3, 0.4) is 0 Å². The average Bonchev–Trinajstić information content (AvgIpc) is 2.55. The highest BCUT2D eigenvalue weighted by molar-refractivity contribution is 5.14. The number of nitrogens with one attached hydrogen (secondary N) is 2. The minimum absolute atomic E-state index is 0.443. The van der Waals surface area contributed by atoms with Crippen molar-refractivity contribution in [3.63, 3.8) is 0 Å². The van der Waals surface area contributed by atoms with Crippen molar-refractivity contribution in [3.05, 3.63) is 17.5 Å². The van der Waals surface area contributed by atoms with E-state index >= 15 is 0 Å². The third-order valence-electron chi connectivity index (χ3n) is 3.16. The van der Waals surface area contributed by atoms with E-state index in [2.05, 4.69) is 22.4 Å². The number of hydrogen-bond donors (Lipinski definition) is 3. The molecule has 0 unspecified atom stereocenters. The second-order valence-corrected chi connectivity index (χ2v) is 4.51. The van der Waals surface area contributed by atoms with Crippen molar-refractivity contribution in [1.29, 1.82) is 0 Å². The number of hydrogen-bond acceptors (Lipinski definition) is 3. The van der Waals surface area contributed by atoms with Gasteiger partial charge in [-0.15, -0.1) is 0 Å². The molecule has 1 heterocycles. The van der Waals surface area contributed by atoms with Crippen molar-refractivity contribution in [1.82, 2.24) is 15.5 Å². The predicted octanol–water partition coefficient (Wildman–Crippen LogP) is 0.730. The molecule has 0 saturated heterocycles. The molecule has 84 valence electrons. The van der Waals surface area contributed by atoms with Crippen LogP contribution >= 0.6 is 0 Å². The summed E-state index contributed by atoms with van der Waals surface area (Å²) in [6.45, 7) is 3.16. The van der Waals surface area contributed by atoms with Crippen molar-refractivity contribution >= 4 is 0 Å². The van der Waals surface area contributed by atoms with E-state index in [0.29, 0.717) is 12.1 Å². The Labute approximate surface area is 90.6 Å². The molecule has 1 fully saturated rings. The molecule has 0 spiro atoms. The summed E-state index contributed by atoms with van der Waals surface area (Å²) in [5, 5.41) is 10.5. The van der Waals surface area contributed by atoms with Gasteiger partial charge in [0.15, 0.2) is 0 Å². The van der Waals surface area contributed by atoms with Crippen molar-refractivity contribution in [2.24, 2.45) is 5.73 Å². The number of rotatable bonds is 5. The van der Waals surface area contributed by atoms with Crippen LogP contribution in [0.2, 0.25) is 0 Å². The van der Waals surface area contributed by atoms with E-state index in [4.69, 9.17) is 5.73 Å². The van der Waals surface area contributed by atoms with Crippen LogP contribution < -0.4 is 11.1 Å². The third kappa shape index (κ3) is 2.79. The lowest BCUT2D eigenvalue weighted by atomic mass is 9.87. The highest BCUT2D eigenvalue weighted by Gasteiger charge is 2.24. The van der Waals surface area contributed by atoms with E-state index in [9.17, 15) is 0 Å². The fourth-order valence-electron chi connectivity index (χ4n) is 2.04. The van der Waals surface area contributed by atoms with Gasteiger partial charge in [-0.2, -0.15) is 5.10 Å². The number of aromatic nitrogens is 2. The molecule has 4 N–H and O–H groups in total. The van der Waals surface area contributed by atoms with Crippen LogP contribution in [-0.4, -0.2) is 28.8 Å². The maximum atomic E-state index is 5.72. The first-order chi connectivity index (χ1) is 7.25. The molecule has 2 rings (SSSR count). The summed E-state index contributed by atoms with van der Waals surface area (Å²) in [6.07, 6.45) is 6.49. The van der Waals surface area contributed by atoms with Crippen LogP contribution in [0.15, 0.2) is 6.20 Å². The Bertz CT molecular complexity index is 301. The Morgan fingerprint density at radius 2 is 2.40 bits per heavy atom. The minimum atomic E-state index is 0.443. The molecule has 1 aliphatic rings. The van der Waals surface area contributed by atoms with Crippen LogP contribution in [0.4, 0.5) is 0 Å². The Kier molecular flexibility index (Phi) is 3.38. The van der Waals surface area contributed by atoms with Crippen molar-refractivity contribution in [2.45, 2.75) is 44.7 Å². The molecule has 0 aliphatic heterocycles. The summed E-state index contributed by atoms with van der Waals surface area (Å²) in [5.74, 6) is 0. The SMILES string of the molecule is Cc1[nH]ncc1CCCNC1CC(N)C1. The van der Waals surface area contributed by atoms with Gasteiger partial charge in [0.25, 0.3) is 0 Å². The summed E-state index contributed by atoms with van der Waals surface area (Å²) >= 11 is 0. The van der Waals surface area contributed by atoms with Crippen LogP contribution in [0.5, 0.6) is 0 Å². The molecule has 1 aromatic heterocycles. The number of H-pyrrole nitrogens is 1. The fraction of sp³-hybridized carbons (Fsp3) is 0.727. The Hall–Kier alpha value is -0.870. The zero-order valence-electron chi connectivity index (χ0n) is 9.29. The highest BCUT2D eigenvalue weighted by Crippen LogP contribution is 2.17. The smallest absolute Gasteiger partial charge is 0.0522 e. The van der Waals surface area contributed by atoms with E-state index in [1.807, 2.05) is 6.20 Å². The minimum Gasteiger partial charge on any atom is -0.328 e. The third-order valence-corrected chi connectivity index (χ3v) is 3.16. The van der Waals surface area contributed by atoms with Crippen LogP contribution in [0, 0.1) is 6.92 Å². The zero-order chi connectivity index (χ0) is 10.7. The molecule has 0 bridgehead atoms. The quantitative estimate of drug-likeness (QED) is 0.625. The van der Waals surface area contributed by atoms with Gasteiger partial charge in [-0.05, 0) is 44.7 Å². The summed E-state index contributed by atoms with van der Waals surface area (Å²) < 4.78 is 0. The van der Waals surface area contributed by atoms with Crippen molar-refractivity contribution < 1.29 is 0 Å². The Morgan fingerprint density at radius 1 is 1.60 bits per heavy atom. The van der Waals surface area contributed by atoms with E-state index in [-0.39, 0.29) is 0 Å². The Morgan fingerprint density at radius 3 is 3.00 bits per heavy atom. The summed E-state index contributed by atoms with van der Waals surface area (Å²) in [7, 11) is 0. The van der Waals surface area contributed by atoms with E-state index in [1.165, 1.54) is 17.7 Å². The monoisotopic (exact) mass is 208 g/mol. The van der Waals surface area contributed by atoms with Crippen LogP contribution in [-0.2, 0) is 6.42 Å². The molecule has 0 aromatic carbocycles. The topological polar surface area (TPSA) is 66.7 Å².